The molecule has 0 aliphatic carbocycles. The van der Waals surface area contributed by atoms with Gasteiger partial charge >= 0.3 is 0 Å². The molecule has 0 spiro atoms. The van der Waals surface area contributed by atoms with Gasteiger partial charge < -0.3 is 15.2 Å². The standard InChI is InChI=1S/C9H17N3O2/c1-12-4-3-8(11-12)5-10-9(6-13)7-14-2/h3-4,9-10,13H,5-7H2,1-2H3. The monoisotopic (exact) mass is 199 g/mol. The Hall–Kier alpha value is -0.910. The molecule has 1 aromatic rings. The van der Waals surface area contributed by atoms with Crippen LogP contribution in [0.25, 0.3) is 0 Å². The van der Waals surface area contributed by atoms with Crippen molar-refractivity contribution in [2.24, 2.45) is 7.05 Å². The van der Waals surface area contributed by atoms with Crippen molar-refractivity contribution < 1.29 is 9.84 Å². The minimum absolute atomic E-state index is 0.0259. The van der Waals surface area contributed by atoms with E-state index in [4.69, 9.17) is 9.84 Å². The van der Waals surface area contributed by atoms with Crippen LogP contribution in [-0.4, -0.2) is 41.3 Å². The van der Waals surface area contributed by atoms with Crippen molar-refractivity contribution in [1.82, 2.24) is 15.1 Å². The fourth-order valence-corrected chi connectivity index (χ4v) is 1.18. The highest BCUT2D eigenvalue weighted by atomic mass is 16.5. The van der Waals surface area contributed by atoms with E-state index >= 15 is 0 Å². The van der Waals surface area contributed by atoms with Gasteiger partial charge in [-0.15, -0.1) is 0 Å². The van der Waals surface area contributed by atoms with Crippen molar-refractivity contribution in [3.8, 4) is 0 Å². The SMILES string of the molecule is COCC(CO)NCc1ccn(C)n1. The van der Waals surface area contributed by atoms with E-state index in [1.54, 1.807) is 11.8 Å². The molecule has 5 nitrogen and oxygen atoms in total. The number of aliphatic hydroxyl groups excluding tert-OH is 1. The quantitative estimate of drug-likeness (QED) is 0.649. The first-order valence-electron chi connectivity index (χ1n) is 4.58. The van der Waals surface area contributed by atoms with Crippen LogP contribution >= 0.6 is 0 Å². The molecular formula is C9H17N3O2. The second-order valence-electron chi connectivity index (χ2n) is 3.20. The van der Waals surface area contributed by atoms with Crippen molar-refractivity contribution in [2.75, 3.05) is 20.3 Å². The molecule has 0 bridgehead atoms. The van der Waals surface area contributed by atoms with Crippen molar-refractivity contribution in [3.63, 3.8) is 0 Å². The first-order valence-corrected chi connectivity index (χ1v) is 4.58. The van der Waals surface area contributed by atoms with E-state index in [9.17, 15) is 0 Å². The molecule has 1 heterocycles. The summed E-state index contributed by atoms with van der Waals surface area (Å²) in [5.74, 6) is 0. The van der Waals surface area contributed by atoms with Crippen LogP contribution in [0, 0.1) is 0 Å². The molecule has 0 aromatic carbocycles. The van der Waals surface area contributed by atoms with Crippen molar-refractivity contribution in [1.29, 1.82) is 0 Å². The van der Waals surface area contributed by atoms with Crippen molar-refractivity contribution in [3.05, 3.63) is 18.0 Å². The van der Waals surface area contributed by atoms with Crippen LogP contribution < -0.4 is 5.32 Å². The summed E-state index contributed by atoms with van der Waals surface area (Å²) >= 11 is 0. The second-order valence-corrected chi connectivity index (χ2v) is 3.20. The number of hydrogen-bond acceptors (Lipinski definition) is 4. The van der Waals surface area contributed by atoms with Crippen LogP contribution in [0.5, 0.6) is 0 Å². The van der Waals surface area contributed by atoms with Gasteiger partial charge in [0, 0.05) is 26.9 Å². The van der Waals surface area contributed by atoms with E-state index < -0.39 is 0 Å². The summed E-state index contributed by atoms with van der Waals surface area (Å²) in [4.78, 5) is 0. The highest BCUT2D eigenvalue weighted by Crippen LogP contribution is 1.94. The topological polar surface area (TPSA) is 59.3 Å². The van der Waals surface area contributed by atoms with Gasteiger partial charge in [-0.1, -0.05) is 0 Å². The Morgan fingerprint density at radius 2 is 2.50 bits per heavy atom. The minimum Gasteiger partial charge on any atom is -0.395 e. The highest BCUT2D eigenvalue weighted by molar-refractivity contribution is 4.98. The van der Waals surface area contributed by atoms with Gasteiger partial charge in [0.2, 0.25) is 0 Å². The Labute approximate surface area is 83.7 Å². The number of aryl methyl sites for hydroxylation is 1. The maximum Gasteiger partial charge on any atom is 0.0762 e. The molecule has 0 fully saturated rings. The third kappa shape index (κ3) is 3.45. The fraction of sp³-hybridized carbons (Fsp3) is 0.667. The molecule has 0 aliphatic heterocycles. The zero-order valence-electron chi connectivity index (χ0n) is 8.60. The summed E-state index contributed by atoms with van der Waals surface area (Å²) in [6, 6.07) is 1.91. The normalized spacial score (nSPS) is 13.1. The zero-order chi connectivity index (χ0) is 10.4. The average Bonchev–Trinajstić information content (AvgIpc) is 2.59. The maximum absolute atomic E-state index is 8.97. The molecule has 1 aromatic heterocycles. The molecule has 0 saturated carbocycles. The molecule has 0 aliphatic rings. The molecule has 0 amide bonds. The lowest BCUT2D eigenvalue weighted by Crippen LogP contribution is -2.36. The maximum atomic E-state index is 8.97. The van der Waals surface area contributed by atoms with Gasteiger partial charge in [0.05, 0.1) is 24.9 Å². The fourth-order valence-electron chi connectivity index (χ4n) is 1.18. The molecule has 1 rings (SSSR count). The number of rotatable bonds is 6. The Balaban J connectivity index is 2.31. The molecule has 1 unspecified atom stereocenters. The van der Waals surface area contributed by atoms with Crippen LogP contribution in [0.2, 0.25) is 0 Å². The van der Waals surface area contributed by atoms with Crippen LogP contribution in [0.3, 0.4) is 0 Å². The van der Waals surface area contributed by atoms with Crippen molar-refractivity contribution in [2.45, 2.75) is 12.6 Å². The minimum atomic E-state index is -0.0259. The third-order valence-electron chi connectivity index (χ3n) is 1.93. The number of aliphatic hydroxyl groups is 1. The first-order chi connectivity index (χ1) is 6.76. The van der Waals surface area contributed by atoms with Gasteiger partial charge in [0.15, 0.2) is 0 Å². The summed E-state index contributed by atoms with van der Waals surface area (Å²) < 4.78 is 6.69. The van der Waals surface area contributed by atoms with E-state index in [1.807, 2.05) is 19.3 Å². The smallest absolute Gasteiger partial charge is 0.0762 e. The van der Waals surface area contributed by atoms with Gasteiger partial charge in [-0.25, -0.2) is 0 Å². The predicted molar refractivity (Wildman–Crippen MR) is 52.8 cm³/mol. The lowest BCUT2D eigenvalue weighted by molar-refractivity contribution is 0.128. The lowest BCUT2D eigenvalue weighted by Gasteiger charge is -2.13. The number of methoxy groups -OCH3 is 1. The highest BCUT2D eigenvalue weighted by Gasteiger charge is 2.06. The second kappa shape index (κ2) is 5.74. The van der Waals surface area contributed by atoms with Gasteiger partial charge in [0.25, 0.3) is 0 Å². The van der Waals surface area contributed by atoms with Crippen LogP contribution in [0.15, 0.2) is 12.3 Å². The summed E-state index contributed by atoms with van der Waals surface area (Å²) in [7, 11) is 3.49. The van der Waals surface area contributed by atoms with Gasteiger partial charge in [0.1, 0.15) is 0 Å². The van der Waals surface area contributed by atoms with E-state index in [1.165, 1.54) is 0 Å². The van der Waals surface area contributed by atoms with Crippen molar-refractivity contribution >= 4 is 0 Å². The molecule has 80 valence electrons. The van der Waals surface area contributed by atoms with E-state index in [-0.39, 0.29) is 12.6 Å². The number of nitrogens with zero attached hydrogens (tertiary/aromatic N) is 2. The molecule has 0 saturated heterocycles. The number of ether oxygens (including phenoxy) is 1. The van der Waals surface area contributed by atoms with Gasteiger partial charge in [-0.2, -0.15) is 5.10 Å². The lowest BCUT2D eigenvalue weighted by atomic mass is 10.3. The zero-order valence-corrected chi connectivity index (χ0v) is 8.60. The van der Waals surface area contributed by atoms with Crippen LogP contribution in [-0.2, 0) is 18.3 Å². The summed E-state index contributed by atoms with van der Waals surface area (Å²) in [5.41, 5.74) is 0.960. The molecular weight excluding hydrogens is 182 g/mol. The van der Waals surface area contributed by atoms with Crippen LogP contribution in [0.1, 0.15) is 5.69 Å². The number of hydrogen-bond donors (Lipinski definition) is 2. The average molecular weight is 199 g/mol. The molecule has 5 heteroatoms. The third-order valence-corrected chi connectivity index (χ3v) is 1.93. The molecule has 1 atom stereocenters. The van der Waals surface area contributed by atoms with Crippen LogP contribution in [0.4, 0.5) is 0 Å². The summed E-state index contributed by atoms with van der Waals surface area (Å²) in [6.07, 6.45) is 1.89. The van der Waals surface area contributed by atoms with E-state index in [0.717, 1.165) is 5.69 Å². The number of aromatic nitrogens is 2. The predicted octanol–water partition coefficient (Wildman–Crippen LogP) is -0.483. The summed E-state index contributed by atoms with van der Waals surface area (Å²) in [5, 5.41) is 16.3. The van der Waals surface area contributed by atoms with Gasteiger partial charge in [-0.3, -0.25) is 4.68 Å². The molecule has 0 radical (unpaired) electrons. The van der Waals surface area contributed by atoms with Gasteiger partial charge in [-0.05, 0) is 6.07 Å². The summed E-state index contributed by atoms with van der Waals surface area (Å²) in [6.45, 7) is 1.22. The first kappa shape index (κ1) is 11.2. The van der Waals surface area contributed by atoms with E-state index in [2.05, 4.69) is 10.4 Å². The Morgan fingerprint density at radius 1 is 1.71 bits per heavy atom. The Morgan fingerprint density at radius 3 is 3.00 bits per heavy atom. The Kier molecular flexibility index (Phi) is 4.58. The van der Waals surface area contributed by atoms with E-state index in [0.29, 0.717) is 13.2 Å². The Bertz CT molecular complexity index is 262. The largest absolute Gasteiger partial charge is 0.395 e. The molecule has 14 heavy (non-hydrogen) atoms. The number of nitrogens with one attached hydrogen (secondary N) is 1. The molecule has 2 N–H and O–H groups in total.